The van der Waals surface area contributed by atoms with Crippen molar-refractivity contribution in [3.05, 3.63) is 47.3 Å². The van der Waals surface area contributed by atoms with Crippen LogP contribution in [0.1, 0.15) is 33.6 Å². The van der Waals surface area contributed by atoms with Crippen molar-refractivity contribution in [2.24, 2.45) is 5.92 Å². The van der Waals surface area contributed by atoms with Gasteiger partial charge in [-0.25, -0.2) is 9.59 Å². The Bertz CT molecular complexity index is 789. The largest absolute Gasteiger partial charge is 0.455 e. The lowest BCUT2D eigenvalue weighted by atomic mass is 9.85. The summed E-state index contributed by atoms with van der Waals surface area (Å²) in [4.78, 5) is 36.0. The summed E-state index contributed by atoms with van der Waals surface area (Å²) >= 11 is 0. The Labute approximate surface area is 169 Å². The Kier molecular flexibility index (Phi) is 7.53. The highest BCUT2D eigenvalue weighted by molar-refractivity contribution is 5.92. The fourth-order valence-corrected chi connectivity index (χ4v) is 3.29. The number of aliphatic hydroxyl groups is 2. The molecule has 0 radical (unpaired) electrons. The molecule has 0 aromatic heterocycles. The van der Waals surface area contributed by atoms with Gasteiger partial charge in [0.1, 0.15) is 12.2 Å². The first kappa shape index (κ1) is 22.6. The summed E-state index contributed by atoms with van der Waals surface area (Å²) in [6.45, 7) is 7.93. The van der Waals surface area contributed by atoms with E-state index in [0.29, 0.717) is 12.0 Å². The fourth-order valence-electron chi connectivity index (χ4n) is 3.29. The van der Waals surface area contributed by atoms with E-state index in [9.17, 15) is 19.5 Å². The summed E-state index contributed by atoms with van der Waals surface area (Å²) in [5.41, 5.74) is 1.61. The van der Waals surface area contributed by atoms with Gasteiger partial charge in [0.05, 0.1) is 18.6 Å². The predicted octanol–water partition coefficient (Wildman–Crippen LogP) is 1.48. The van der Waals surface area contributed by atoms with Crippen molar-refractivity contribution in [1.82, 2.24) is 0 Å². The zero-order valence-corrected chi connectivity index (χ0v) is 16.7. The molecule has 2 N–H and O–H groups in total. The van der Waals surface area contributed by atoms with Gasteiger partial charge in [-0.05, 0) is 38.0 Å². The Balaban J connectivity index is 2.39. The monoisotopic (exact) mass is 406 g/mol. The number of ether oxygens (including phenoxy) is 3. The molecule has 1 aliphatic heterocycles. The zero-order chi connectivity index (χ0) is 21.7. The third-order valence-corrected chi connectivity index (χ3v) is 4.82. The molecule has 2 aliphatic rings. The molecule has 4 atom stereocenters. The number of hydrogen-bond donors (Lipinski definition) is 2. The number of aliphatic hydroxyl groups excluding tert-OH is 2. The molecule has 1 fully saturated rings. The molecule has 0 aromatic carbocycles. The maximum Gasteiger partial charge on any atom is 0.374 e. The second kappa shape index (κ2) is 9.67. The highest BCUT2D eigenvalue weighted by Crippen LogP contribution is 2.36. The number of fused-ring (bicyclic) bond motifs is 1. The molecule has 0 amide bonds. The molecule has 0 unspecified atom stereocenters. The lowest BCUT2D eigenvalue weighted by Crippen LogP contribution is -2.34. The third-order valence-electron chi connectivity index (χ3n) is 4.82. The second-order valence-electron chi connectivity index (χ2n) is 7.13. The van der Waals surface area contributed by atoms with E-state index in [0.717, 1.165) is 18.6 Å². The van der Waals surface area contributed by atoms with Crippen LogP contribution in [0.4, 0.5) is 0 Å². The minimum Gasteiger partial charge on any atom is -0.455 e. The standard InChI is InChI=1S/C21H26O8/c1-11-5-6-15(24)12(2)10-18-19(13(3)20(25)28-18)17(9-11)29-21(26)16(7-8-22)27-14(4)23/h5,7,10,15,17-19,22,24H,3,6,8-9H2,1-2,4H3/b11-5-,12-10+,16-7-/t15-,17-,18-,19-/m1/s1. The molecule has 8 heteroatoms. The van der Waals surface area contributed by atoms with Crippen molar-refractivity contribution >= 4 is 17.9 Å². The normalized spacial score (nSPS) is 31.6. The van der Waals surface area contributed by atoms with Crippen LogP contribution >= 0.6 is 0 Å². The first-order chi connectivity index (χ1) is 13.6. The van der Waals surface area contributed by atoms with Gasteiger partial charge in [-0.3, -0.25) is 4.79 Å². The van der Waals surface area contributed by atoms with Gasteiger partial charge in [0.2, 0.25) is 5.76 Å². The van der Waals surface area contributed by atoms with Gasteiger partial charge in [0.15, 0.2) is 0 Å². The molecular weight excluding hydrogens is 380 g/mol. The molecule has 1 aliphatic carbocycles. The summed E-state index contributed by atoms with van der Waals surface area (Å²) in [6, 6.07) is 0. The topological polar surface area (TPSA) is 119 Å². The number of esters is 3. The van der Waals surface area contributed by atoms with E-state index in [1.54, 1.807) is 13.0 Å². The van der Waals surface area contributed by atoms with Crippen molar-refractivity contribution < 1.29 is 38.8 Å². The van der Waals surface area contributed by atoms with E-state index in [2.05, 4.69) is 6.58 Å². The quantitative estimate of drug-likeness (QED) is 0.237. The van der Waals surface area contributed by atoms with Crippen molar-refractivity contribution in [3.63, 3.8) is 0 Å². The first-order valence-electron chi connectivity index (χ1n) is 9.26. The van der Waals surface area contributed by atoms with Gasteiger partial charge in [-0.15, -0.1) is 0 Å². The number of carbonyl (C=O) groups is 3. The maximum atomic E-state index is 12.6. The van der Waals surface area contributed by atoms with E-state index >= 15 is 0 Å². The van der Waals surface area contributed by atoms with Crippen molar-refractivity contribution in [3.8, 4) is 0 Å². The van der Waals surface area contributed by atoms with Crippen molar-refractivity contribution in [2.45, 2.75) is 51.9 Å². The van der Waals surface area contributed by atoms with Crippen LogP contribution in [0, 0.1) is 5.92 Å². The second-order valence-corrected chi connectivity index (χ2v) is 7.13. The van der Waals surface area contributed by atoms with Gasteiger partial charge >= 0.3 is 17.9 Å². The SMILES string of the molecule is C=C1C(=O)O[C@@H]2/C=C(\C)[C@H](O)C/C=C(/C)C[C@@H](OC(=O)/C(=C/CO)OC(C)=O)[C@@H]12. The number of hydrogen-bond acceptors (Lipinski definition) is 8. The summed E-state index contributed by atoms with van der Waals surface area (Å²) in [5.74, 6) is -3.41. The average molecular weight is 406 g/mol. The van der Waals surface area contributed by atoms with Gasteiger partial charge in [0.25, 0.3) is 0 Å². The number of rotatable bonds is 4. The van der Waals surface area contributed by atoms with E-state index in [1.165, 1.54) is 0 Å². The molecule has 2 rings (SSSR count). The van der Waals surface area contributed by atoms with E-state index < -0.39 is 54.5 Å². The molecule has 158 valence electrons. The Morgan fingerprint density at radius 3 is 2.69 bits per heavy atom. The van der Waals surface area contributed by atoms with Crippen LogP contribution in [0.25, 0.3) is 0 Å². The summed E-state index contributed by atoms with van der Waals surface area (Å²) < 4.78 is 15.8. The predicted molar refractivity (Wildman–Crippen MR) is 102 cm³/mol. The minimum atomic E-state index is -0.948. The van der Waals surface area contributed by atoms with Crippen LogP contribution in [-0.2, 0) is 28.6 Å². The molecule has 0 spiro atoms. The van der Waals surface area contributed by atoms with E-state index in [4.69, 9.17) is 19.3 Å². The maximum absolute atomic E-state index is 12.6. The van der Waals surface area contributed by atoms with Crippen LogP contribution in [0.2, 0.25) is 0 Å². The van der Waals surface area contributed by atoms with Gasteiger partial charge in [-0.1, -0.05) is 18.2 Å². The molecular formula is C21H26O8. The Morgan fingerprint density at radius 1 is 1.38 bits per heavy atom. The fraction of sp³-hybridized carbons (Fsp3) is 0.476. The molecule has 29 heavy (non-hydrogen) atoms. The van der Waals surface area contributed by atoms with E-state index in [-0.39, 0.29) is 12.0 Å². The van der Waals surface area contributed by atoms with E-state index in [1.807, 2.05) is 13.0 Å². The summed E-state index contributed by atoms with van der Waals surface area (Å²) in [7, 11) is 0. The van der Waals surface area contributed by atoms with Crippen LogP contribution in [0.3, 0.4) is 0 Å². The van der Waals surface area contributed by atoms with Crippen LogP contribution in [0.15, 0.2) is 47.3 Å². The lowest BCUT2D eigenvalue weighted by Gasteiger charge is -2.28. The van der Waals surface area contributed by atoms with Crippen molar-refractivity contribution in [1.29, 1.82) is 0 Å². The van der Waals surface area contributed by atoms with Crippen LogP contribution in [0.5, 0.6) is 0 Å². The molecule has 0 bridgehead atoms. The summed E-state index contributed by atoms with van der Waals surface area (Å²) in [5, 5.41) is 19.3. The zero-order valence-electron chi connectivity index (χ0n) is 16.7. The third kappa shape index (κ3) is 5.65. The summed E-state index contributed by atoms with van der Waals surface area (Å²) in [6.07, 6.45) is 2.80. The molecule has 0 aromatic rings. The molecule has 8 nitrogen and oxygen atoms in total. The van der Waals surface area contributed by atoms with Gasteiger partial charge in [-0.2, -0.15) is 0 Å². The number of carbonyl (C=O) groups excluding carboxylic acids is 3. The highest BCUT2D eigenvalue weighted by Gasteiger charge is 2.45. The Hall–Kier alpha value is -2.71. The van der Waals surface area contributed by atoms with Crippen LogP contribution < -0.4 is 0 Å². The average Bonchev–Trinajstić information content (AvgIpc) is 2.91. The first-order valence-corrected chi connectivity index (χ1v) is 9.26. The van der Waals surface area contributed by atoms with Gasteiger partial charge in [0, 0.05) is 18.9 Å². The lowest BCUT2D eigenvalue weighted by molar-refractivity contribution is -0.156. The molecule has 0 saturated carbocycles. The smallest absolute Gasteiger partial charge is 0.374 e. The van der Waals surface area contributed by atoms with Crippen LogP contribution in [-0.4, -0.2) is 53.0 Å². The molecule has 1 heterocycles. The molecule has 1 saturated heterocycles. The van der Waals surface area contributed by atoms with Crippen molar-refractivity contribution in [2.75, 3.05) is 6.61 Å². The van der Waals surface area contributed by atoms with Gasteiger partial charge < -0.3 is 24.4 Å². The Morgan fingerprint density at radius 2 is 2.07 bits per heavy atom. The highest BCUT2D eigenvalue weighted by atomic mass is 16.6. The minimum absolute atomic E-state index is 0.153.